The van der Waals surface area contributed by atoms with Gasteiger partial charge in [0.25, 0.3) is 0 Å². The lowest BCUT2D eigenvalue weighted by atomic mass is 9.87. The Hall–Kier alpha value is -1.17. The van der Waals surface area contributed by atoms with Crippen LogP contribution in [0.1, 0.15) is 48.5 Å². The number of aromatic hydroxyl groups is 1. The van der Waals surface area contributed by atoms with Gasteiger partial charge in [0.2, 0.25) is 0 Å². The van der Waals surface area contributed by atoms with E-state index in [1.54, 1.807) is 6.20 Å². The van der Waals surface area contributed by atoms with E-state index in [-0.39, 0.29) is 18.4 Å². The lowest BCUT2D eigenvalue weighted by molar-refractivity contribution is 0.120. The fraction of sp³-hybridized carbons (Fsp3) is 0.706. The first-order valence-electron chi connectivity index (χ1n) is 8.45. The number of hydrogen-bond acceptors (Lipinski definition) is 5. The van der Waals surface area contributed by atoms with Gasteiger partial charge in [-0.05, 0) is 25.7 Å². The van der Waals surface area contributed by atoms with Crippen molar-refractivity contribution in [2.45, 2.75) is 45.3 Å². The van der Waals surface area contributed by atoms with Gasteiger partial charge in [0.05, 0.1) is 12.3 Å². The van der Waals surface area contributed by atoms with Gasteiger partial charge in [0.15, 0.2) is 0 Å². The Balaban J connectivity index is 2.02. The van der Waals surface area contributed by atoms with E-state index in [0.717, 1.165) is 37.3 Å². The second-order valence-corrected chi connectivity index (χ2v) is 6.56. The molecule has 2 aliphatic rings. The number of nitrogens with one attached hydrogen (secondary N) is 1. The Morgan fingerprint density at radius 1 is 1.32 bits per heavy atom. The van der Waals surface area contributed by atoms with E-state index >= 15 is 0 Å². The van der Waals surface area contributed by atoms with Gasteiger partial charge < -0.3 is 15.5 Å². The van der Waals surface area contributed by atoms with Gasteiger partial charge >= 0.3 is 0 Å². The summed E-state index contributed by atoms with van der Waals surface area (Å²) in [5, 5.41) is 23.8. The first-order valence-corrected chi connectivity index (χ1v) is 8.45. The van der Waals surface area contributed by atoms with Crippen molar-refractivity contribution < 1.29 is 10.2 Å². The third-order valence-corrected chi connectivity index (χ3v) is 5.22. The molecule has 5 nitrogen and oxygen atoms in total. The molecule has 1 aliphatic heterocycles. The topological polar surface area (TPSA) is 68.6 Å². The minimum absolute atomic E-state index is 0.0640. The molecule has 0 spiro atoms. The van der Waals surface area contributed by atoms with Crippen LogP contribution in [0.2, 0.25) is 0 Å². The predicted molar refractivity (Wildman–Crippen MR) is 85.7 cm³/mol. The molecule has 3 N–H and O–H groups in total. The van der Waals surface area contributed by atoms with Crippen molar-refractivity contribution in [2.24, 2.45) is 5.92 Å². The Labute approximate surface area is 132 Å². The summed E-state index contributed by atoms with van der Waals surface area (Å²) in [7, 11) is 0. The Morgan fingerprint density at radius 3 is 2.64 bits per heavy atom. The highest BCUT2D eigenvalue weighted by Crippen LogP contribution is 2.44. The molecule has 22 heavy (non-hydrogen) atoms. The Morgan fingerprint density at radius 2 is 2.00 bits per heavy atom. The average Bonchev–Trinajstić information content (AvgIpc) is 3.07. The molecule has 0 amide bonds. The highest BCUT2D eigenvalue weighted by atomic mass is 16.3. The van der Waals surface area contributed by atoms with Crippen LogP contribution in [0.25, 0.3) is 0 Å². The molecule has 122 valence electrons. The van der Waals surface area contributed by atoms with Gasteiger partial charge in [-0.1, -0.05) is 12.8 Å². The maximum absolute atomic E-state index is 10.7. The molecule has 0 unspecified atom stereocenters. The number of piperazine rings is 1. The van der Waals surface area contributed by atoms with Crippen molar-refractivity contribution >= 4 is 0 Å². The molecule has 1 atom stereocenters. The van der Waals surface area contributed by atoms with Crippen molar-refractivity contribution in [3.63, 3.8) is 0 Å². The molecular weight excluding hydrogens is 278 g/mol. The summed E-state index contributed by atoms with van der Waals surface area (Å²) in [6.45, 7) is 5.74. The SMILES string of the molecule is Cc1ncc(CO)c([C@@H](C2CCCC2)N2CCNCC2)c1O. The zero-order valence-corrected chi connectivity index (χ0v) is 13.4. The maximum atomic E-state index is 10.7. The van der Waals surface area contributed by atoms with Crippen LogP contribution < -0.4 is 5.32 Å². The summed E-state index contributed by atoms with van der Waals surface area (Å²) >= 11 is 0. The molecule has 2 fully saturated rings. The van der Waals surface area contributed by atoms with Gasteiger partial charge in [-0.15, -0.1) is 0 Å². The zero-order chi connectivity index (χ0) is 15.5. The highest BCUT2D eigenvalue weighted by molar-refractivity contribution is 5.43. The standard InChI is InChI=1S/C17H27N3O2/c1-12-17(22)15(14(11-21)10-19-12)16(13-4-2-3-5-13)20-8-6-18-7-9-20/h10,13,16,18,21-22H,2-9,11H2,1H3/t16-/m1/s1. The van der Waals surface area contributed by atoms with Crippen molar-refractivity contribution in [3.05, 3.63) is 23.0 Å². The number of aryl methyl sites for hydroxylation is 1. The molecule has 0 bridgehead atoms. The summed E-state index contributed by atoms with van der Waals surface area (Å²) in [4.78, 5) is 6.71. The average molecular weight is 305 g/mol. The molecule has 1 aliphatic carbocycles. The second kappa shape index (κ2) is 6.94. The fourth-order valence-corrected chi connectivity index (χ4v) is 4.06. The number of hydrogen-bond donors (Lipinski definition) is 3. The van der Waals surface area contributed by atoms with Crippen LogP contribution in [-0.2, 0) is 6.61 Å². The number of pyridine rings is 1. The lowest BCUT2D eigenvalue weighted by Crippen LogP contribution is -2.47. The highest BCUT2D eigenvalue weighted by Gasteiger charge is 2.35. The van der Waals surface area contributed by atoms with E-state index in [2.05, 4.69) is 15.2 Å². The second-order valence-electron chi connectivity index (χ2n) is 6.56. The molecule has 1 aromatic heterocycles. The van der Waals surface area contributed by atoms with Crippen LogP contribution in [0.15, 0.2) is 6.20 Å². The van der Waals surface area contributed by atoms with Crippen molar-refractivity contribution in [3.8, 4) is 5.75 Å². The summed E-state index contributed by atoms with van der Waals surface area (Å²) in [5.74, 6) is 0.845. The van der Waals surface area contributed by atoms with E-state index in [4.69, 9.17) is 0 Å². The predicted octanol–water partition coefficient (Wildman–Crippen LogP) is 1.72. The molecule has 2 heterocycles. The smallest absolute Gasteiger partial charge is 0.141 e. The third kappa shape index (κ3) is 2.98. The minimum atomic E-state index is -0.0640. The molecule has 3 rings (SSSR count). The van der Waals surface area contributed by atoms with Crippen molar-refractivity contribution in [2.75, 3.05) is 26.2 Å². The van der Waals surface area contributed by atoms with Crippen molar-refractivity contribution in [1.82, 2.24) is 15.2 Å². The quantitative estimate of drug-likeness (QED) is 0.790. The molecular formula is C17H27N3O2. The summed E-state index contributed by atoms with van der Waals surface area (Å²) in [6.07, 6.45) is 6.69. The van der Waals surface area contributed by atoms with Crippen LogP contribution in [-0.4, -0.2) is 46.3 Å². The first-order chi connectivity index (χ1) is 10.7. The molecule has 1 saturated heterocycles. The Bertz CT molecular complexity index is 509. The van der Waals surface area contributed by atoms with Crippen LogP contribution in [0, 0.1) is 12.8 Å². The lowest BCUT2D eigenvalue weighted by Gasteiger charge is -2.39. The summed E-state index contributed by atoms with van der Waals surface area (Å²) in [5.41, 5.74) is 2.35. The van der Waals surface area contributed by atoms with Gasteiger partial charge in [0, 0.05) is 49.5 Å². The number of aliphatic hydroxyl groups is 1. The van der Waals surface area contributed by atoms with E-state index in [1.807, 2.05) is 6.92 Å². The summed E-state index contributed by atoms with van der Waals surface area (Å²) < 4.78 is 0. The van der Waals surface area contributed by atoms with Crippen LogP contribution in [0.3, 0.4) is 0 Å². The number of aromatic nitrogens is 1. The summed E-state index contributed by atoms with van der Waals surface area (Å²) in [6, 6.07) is 0.202. The van der Waals surface area contributed by atoms with Crippen LogP contribution >= 0.6 is 0 Å². The minimum Gasteiger partial charge on any atom is -0.506 e. The molecule has 0 radical (unpaired) electrons. The zero-order valence-electron chi connectivity index (χ0n) is 13.4. The van der Waals surface area contributed by atoms with E-state index < -0.39 is 0 Å². The maximum Gasteiger partial charge on any atom is 0.141 e. The van der Waals surface area contributed by atoms with Gasteiger partial charge in [0.1, 0.15) is 5.75 Å². The molecule has 0 aromatic carbocycles. The first kappa shape index (κ1) is 15.7. The monoisotopic (exact) mass is 305 g/mol. The number of nitrogens with zero attached hydrogens (tertiary/aromatic N) is 2. The van der Waals surface area contributed by atoms with E-state index in [0.29, 0.717) is 11.6 Å². The fourth-order valence-electron chi connectivity index (χ4n) is 4.06. The van der Waals surface area contributed by atoms with E-state index in [1.165, 1.54) is 25.7 Å². The van der Waals surface area contributed by atoms with Gasteiger partial charge in [-0.2, -0.15) is 0 Å². The van der Waals surface area contributed by atoms with E-state index in [9.17, 15) is 10.2 Å². The van der Waals surface area contributed by atoms with Gasteiger partial charge in [-0.3, -0.25) is 9.88 Å². The van der Waals surface area contributed by atoms with Crippen LogP contribution in [0.4, 0.5) is 0 Å². The largest absolute Gasteiger partial charge is 0.506 e. The van der Waals surface area contributed by atoms with Crippen molar-refractivity contribution in [1.29, 1.82) is 0 Å². The molecule has 5 heteroatoms. The molecule has 1 aromatic rings. The van der Waals surface area contributed by atoms with Gasteiger partial charge in [-0.25, -0.2) is 0 Å². The Kier molecular flexibility index (Phi) is 4.96. The third-order valence-electron chi connectivity index (χ3n) is 5.22. The van der Waals surface area contributed by atoms with Crippen LogP contribution in [0.5, 0.6) is 5.75 Å². The normalized spacial score (nSPS) is 22.1. The number of rotatable bonds is 4. The number of aliphatic hydroxyl groups excluding tert-OH is 1. The molecule has 1 saturated carbocycles.